The summed E-state index contributed by atoms with van der Waals surface area (Å²) in [5.41, 5.74) is 0. The van der Waals surface area contributed by atoms with E-state index in [0.717, 1.165) is 0 Å². The van der Waals surface area contributed by atoms with Gasteiger partial charge in [-0.15, -0.1) is 6.58 Å². The summed E-state index contributed by atoms with van der Waals surface area (Å²) >= 11 is 0. The van der Waals surface area contributed by atoms with Crippen LogP contribution in [0.3, 0.4) is 0 Å². The fourth-order valence-electron chi connectivity index (χ4n) is 0.793. The van der Waals surface area contributed by atoms with Crippen molar-refractivity contribution in [2.75, 3.05) is 6.61 Å². The minimum atomic E-state index is -4.67. The van der Waals surface area contributed by atoms with Gasteiger partial charge in [-0.1, -0.05) is 24.3 Å². The van der Waals surface area contributed by atoms with Crippen molar-refractivity contribution in [1.29, 1.82) is 0 Å². The van der Waals surface area contributed by atoms with Crippen molar-refractivity contribution in [3.05, 3.63) is 43.0 Å². The van der Waals surface area contributed by atoms with Gasteiger partial charge in [-0.3, -0.25) is 13.3 Å². The Morgan fingerprint density at radius 1 is 1.11 bits per heavy atom. The Hall–Kier alpha value is -1.26. The molecule has 0 radical (unpaired) electrons. The van der Waals surface area contributed by atoms with Crippen molar-refractivity contribution < 1.29 is 30.1 Å². The van der Waals surface area contributed by atoms with E-state index in [2.05, 4.69) is 10.8 Å². The highest BCUT2D eigenvalue weighted by Gasteiger charge is 2.12. The van der Waals surface area contributed by atoms with E-state index in [-0.39, 0.29) is 11.5 Å². The maximum atomic E-state index is 11.3. The van der Waals surface area contributed by atoms with E-state index in [1.54, 1.807) is 18.2 Å². The zero-order chi connectivity index (χ0) is 14.2. The summed E-state index contributed by atoms with van der Waals surface area (Å²) in [4.78, 5) is 0.164. The van der Waals surface area contributed by atoms with Crippen molar-refractivity contribution in [2.45, 2.75) is 4.90 Å². The second-order valence-corrected chi connectivity index (χ2v) is 5.30. The van der Waals surface area contributed by atoms with Crippen molar-refractivity contribution in [3.8, 4) is 0 Å². The van der Waals surface area contributed by atoms with Crippen molar-refractivity contribution in [1.82, 2.24) is 0 Å². The molecule has 1 aromatic rings. The minimum Gasteiger partial charge on any atom is -0.264 e. The third kappa shape index (κ3) is 8.84. The number of hydrogen-bond acceptors (Lipinski definition) is 5. The monoisotopic (exact) mass is 296 g/mol. The number of hydrogen-bond donors (Lipinski definition) is 2. The van der Waals surface area contributed by atoms with Gasteiger partial charge in [-0.25, -0.2) is 0 Å². The van der Waals surface area contributed by atoms with Crippen LogP contribution in [0.15, 0.2) is 47.9 Å². The van der Waals surface area contributed by atoms with Gasteiger partial charge in [0, 0.05) is 0 Å². The molecule has 1 aromatic carbocycles. The average Bonchev–Trinajstić information content (AvgIpc) is 2.25. The van der Waals surface area contributed by atoms with E-state index in [1.165, 1.54) is 18.2 Å². The summed E-state index contributed by atoms with van der Waals surface area (Å²) in [6.45, 7) is 3.37. The molecule has 0 bridgehead atoms. The lowest BCUT2D eigenvalue weighted by molar-refractivity contribution is 0.357. The summed E-state index contributed by atoms with van der Waals surface area (Å²) in [6.07, 6.45) is 1.39. The molecular formula is C9H12O7S2. The Balaban J connectivity index is 0.000000494. The summed E-state index contributed by atoms with van der Waals surface area (Å²) in [7, 11) is -8.26. The molecule has 0 aromatic heterocycles. The van der Waals surface area contributed by atoms with Gasteiger partial charge < -0.3 is 0 Å². The Bertz CT molecular complexity index is 552. The first-order valence-electron chi connectivity index (χ1n) is 4.42. The molecule has 0 unspecified atom stereocenters. The molecule has 2 N–H and O–H groups in total. The van der Waals surface area contributed by atoms with Gasteiger partial charge in [0.2, 0.25) is 0 Å². The van der Waals surface area contributed by atoms with Crippen LogP contribution in [0, 0.1) is 0 Å². The van der Waals surface area contributed by atoms with Crippen LogP contribution in [-0.4, -0.2) is 32.5 Å². The lowest BCUT2D eigenvalue weighted by Gasteiger charge is -2.01. The lowest BCUT2D eigenvalue weighted by atomic mass is 10.4. The zero-order valence-electron chi connectivity index (χ0n) is 9.13. The van der Waals surface area contributed by atoms with Gasteiger partial charge in [0.1, 0.15) is 0 Å². The fraction of sp³-hybridized carbons (Fsp3) is 0.111. The van der Waals surface area contributed by atoms with Gasteiger partial charge in [-0.05, 0) is 12.1 Å². The summed E-state index contributed by atoms with van der Waals surface area (Å²) < 4.78 is 58.8. The van der Waals surface area contributed by atoms with Crippen LogP contribution in [0.1, 0.15) is 0 Å². The van der Waals surface area contributed by atoms with E-state index < -0.39 is 20.5 Å². The predicted molar refractivity (Wildman–Crippen MR) is 64.0 cm³/mol. The van der Waals surface area contributed by atoms with Gasteiger partial charge >= 0.3 is 10.4 Å². The molecule has 1 rings (SSSR count). The van der Waals surface area contributed by atoms with Crippen molar-refractivity contribution in [2.24, 2.45) is 0 Å². The highest BCUT2D eigenvalue weighted by Crippen LogP contribution is 2.10. The molecule has 102 valence electrons. The molecule has 0 aliphatic carbocycles. The van der Waals surface area contributed by atoms with Gasteiger partial charge in [0.05, 0.1) is 11.5 Å². The highest BCUT2D eigenvalue weighted by molar-refractivity contribution is 7.86. The molecule has 18 heavy (non-hydrogen) atoms. The molecule has 0 saturated carbocycles. The molecule has 0 spiro atoms. The quantitative estimate of drug-likeness (QED) is 0.482. The molecular weight excluding hydrogens is 284 g/mol. The van der Waals surface area contributed by atoms with Crippen LogP contribution in [0.5, 0.6) is 0 Å². The molecule has 0 saturated heterocycles. The van der Waals surface area contributed by atoms with E-state index in [9.17, 15) is 8.42 Å². The van der Waals surface area contributed by atoms with Crippen LogP contribution in [-0.2, 0) is 24.7 Å². The summed E-state index contributed by atoms with van der Waals surface area (Å²) in [6, 6.07) is 8.00. The second-order valence-electron chi connectivity index (χ2n) is 2.79. The Kier molecular flexibility index (Phi) is 6.73. The van der Waals surface area contributed by atoms with Crippen LogP contribution >= 0.6 is 0 Å². The van der Waals surface area contributed by atoms with Gasteiger partial charge in [0.15, 0.2) is 0 Å². The molecule has 0 aliphatic heterocycles. The molecule has 9 heteroatoms. The minimum absolute atomic E-state index is 0.00275. The molecule has 0 aliphatic rings. The molecule has 0 fully saturated rings. The standard InChI is InChI=1S/C9H10O3S.H2O4S/c1-2-8-12-13(10,11)9-6-4-3-5-7-9;1-5(2,3)4/h2-7H,1,8H2;(H2,1,2,3,4). The third-order valence-corrected chi connectivity index (χ3v) is 2.67. The topological polar surface area (TPSA) is 118 Å². The average molecular weight is 296 g/mol. The summed E-state index contributed by atoms with van der Waals surface area (Å²) in [5.74, 6) is 0. The lowest BCUT2D eigenvalue weighted by Crippen LogP contribution is -2.05. The fourth-order valence-corrected chi connectivity index (χ4v) is 1.69. The van der Waals surface area contributed by atoms with Gasteiger partial charge in [-0.2, -0.15) is 16.8 Å². The van der Waals surface area contributed by atoms with Crippen LogP contribution in [0.2, 0.25) is 0 Å². The van der Waals surface area contributed by atoms with Crippen LogP contribution in [0.4, 0.5) is 0 Å². The first kappa shape index (κ1) is 16.7. The zero-order valence-corrected chi connectivity index (χ0v) is 10.8. The third-order valence-electron chi connectivity index (χ3n) is 1.37. The maximum Gasteiger partial charge on any atom is 0.394 e. The normalized spacial score (nSPS) is 11.2. The Morgan fingerprint density at radius 2 is 1.56 bits per heavy atom. The van der Waals surface area contributed by atoms with Crippen molar-refractivity contribution in [3.63, 3.8) is 0 Å². The molecule has 0 amide bonds. The second kappa shape index (κ2) is 7.24. The van der Waals surface area contributed by atoms with Crippen LogP contribution < -0.4 is 0 Å². The predicted octanol–water partition coefficient (Wildman–Crippen LogP) is 0.925. The van der Waals surface area contributed by atoms with E-state index >= 15 is 0 Å². The Morgan fingerprint density at radius 3 is 1.94 bits per heavy atom. The maximum absolute atomic E-state index is 11.3. The molecule has 7 nitrogen and oxygen atoms in total. The molecule has 0 heterocycles. The molecule has 0 atom stereocenters. The largest absolute Gasteiger partial charge is 0.394 e. The summed E-state index contributed by atoms with van der Waals surface area (Å²) in [5, 5.41) is 0. The number of rotatable bonds is 4. The van der Waals surface area contributed by atoms with Crippen molar-refractivity contribution >= 4 is 20.5 Å². The SMILES string of the molecule is C=CCOS(=O)(=O)c1ccccc1.O=S(=O)(O)O. The first-order chi connectivity index (χ1) is 8.17. The van der Waals surface area contributed by atoms with Gasteiger partial charge in [0.25, 0.3) is 10.1 Å². The Labute approximate surface area is 105 Å². The van der Waals surface area contributed by atoms with E-state index in [4.69, 9.17) is 17.5 Å². The van der Waals surface area contributed by atoms with E-state index in [0.29, 0.717) is 0 Å². The highest BCUT2D eigenvalue weighted by atomic mass is 32.3. The smallest absolute Gasteiger partial charge is 0.264 e. The first-order valence-corrected chi connectivity index (χ1v) is 7.22. The van der Waals surface area contributed by atoms with Crippen LogP contribution in [0.25, 0.3) is 0 Å². The van der Waals surface area contributed by atoms with E-state index in [1.807, 2.05) is 0 Å². The number of benzene rings is 1.